The minimum absolute atomic E-state index is 0.0833. The lowest BCUT2D eigenvalue weighted by Crippen LogP contribution is -2.28. The fourth-order valence-electron chi connectivity index (χ4n) is 0.136. The highest BCUT2D eigenvalue weighted by molar-refractivity contribution is 6.12. The second-order valence-corrected chi connectivity index (χ2v) is 1.50. The van der Waals surface area contributed by atoms with E-state index in [1.54, 1.807) is 0 Å². The maximum absolute atomic E-state index is 9.58. The lowest BCUT2D eigenvalue weighted by molar-refractivity contribution is -0.639. The van der Waals surface area contributed by atoms with Crippen molar-refractivity contribution >= 4 is 11.8 Å². The Morgan fingerprint density at radius 1 is 2.00 bits per heavy atom. The predicted octanol–water partition coefficient (Wildman–Crippen LogP) is -0.0278. The molecule has 0 saturated carbocycles. The van der Waals surface area contributed by atoms with Crippen molar-refractivity contribution in [2.75, 3.05) is 0 Å². The van der Waals surface area contributed by atoms with Crippen LogP contribution in [0.3, 0.4) is 0 Å². The molecule has 0 aliphatic carbocycles. The zero-order chi connectivity index (χ0) is 6.73. The van der Waals surface area contributed by atoms with E-state index in [0.717, 1.165) is 0 Å². The van der Waals surface area contributed by atoms with Crippen LogP contribution in [0.5, 0.6) is 0 Å². The van der Waals surface area contributed by atoms with E-state index in [0.29, 0.717) is 0 Å². The normalized spacial score (nSPS) is 12.9. The van der Waals surface area contributed by atoms with E-state index in [1.807, 2.05) is 0 Å². The van der Waals surface area contributed by atoms with Crippen LogP contribution in [0.4, 0.5) is 0 Å². The predicted molar refractivity (Wildman–Crippen MR) is 26.4 cm³/mol. The summed E-state index contributed by atoms with van der Waals surface area (Å²) in [6.45, 7) is 1.19. The molecule has 0 spiro atoms. The zero-order valence-corrected chi connectivity index (χ0v) is 4.87. The van der Waals surface area contributed by atoms with Gasteiger partial charge in [-0.2, -0.15) is 0 Å². The van der Waals surface area contributed by atoms with Gasteiger partial charge in [-0.05, 0) is 11.5 Å². The fraction of sp³-hybridized carbons (Fsp3) is 1.00. The third kappa shape index (κ3) is 1.94. The molecule has 48 valence electrons. The molecular formula is C2H5ClN2O3. The van der Waals surface area contributed by atoms with Crippen molar-refractivity contribution in [3.05, 3.63) is 10.1 Å². The van der Waals surface area contributed by atoms with Gasteiger partial charge in [0.25, 0.3) is 0 Å². The van der Waals surface area contributed by atoms with Crippen LogP contribution in [0.1, 0.15) is 6.92 Å². The van der Waals surface area contributed by atoms with Crippen LogP contribution in [0, 0.1) is 10.1 Å². The van der Waals surface area contributed by atoms with Gasteiger partial charge in [0.2, 0.25) is 6.23 Å². The third-order valence-electron chi connectivity index (χ3n) is 0.464. The van der Waals surface area contributed by atoms with Crippen LogP contribution in [0.15, 0.2) is 0 Å². The quantitative estimate of drug-likeness (QED) is 0.253. The Morgan fingerprint density at radius 3 is 2.38 bits per heavy atom. The number of hydrogen-bond acceptors (Lipinski definition) is 3. The summed E-state index contributed by atoms with van der Waals surface area (Å²) in [6.07, 6.45) is -1.26. The van der Waals surface area contributed by atoms with Crippen molar-refractivity contribution < 1.29 is 10.1 Å². The number of rotatable bonds is 2. The molecule has 8 heavy (non-hydrogen) atoms. The summed E-state index contributed by atoms with van der Waals surface area (Å²) in [7, 11) is 0. The van der Waals surface area contributed by atoms with Crippen LogP contribution >= 0.6 is 11.8 Å². The minimum Gasteiger partial charge on any atom is -0.368 e. The lowest BCUT2D eigenvalue weighted by atomic mass is 10.7. The van der Waals surface area contributed by atoms with E-state index in [-0.39, 0.29) is 4.53 Å². The van der Waals surface area contributed by atoms with Gasteiger partial charge >= 0.3 is 0 Å². The van der Waals surface area contributed by atoms with Gasteiger partial charge in [0.05, 0.1) is 11.8 Å². The lowest BCUT2D eigenvalue weighted by Gasteiger charge is -2.05. The van der Waals surface area contributed by atoms with E-state index in [2.05, 4.69) is 0 Å². The number of hydrazine groups is 1. The molecule has 0 amide bonds. The van der Waals surface area contributed by atoms with Gasteiger partial charge in [-0.15, -0.1) is 0 Å². The molecule has 0 aromatic heterocycles. The van der Waals surface area contributed by atoms with E-state index >= 15 is 0 Å². The molecule has 5 nitrogen and oxygen atoms in total. The van der Waals surface area contributed by atoms with Gasteiger partial charge in [0, 0.05) is 0 Å². The molecule has 0 aliphatic rings. The Bertz CT molecular complexity index is 95.3. The van der Waals surface area contributed by atoms with E-state index in [4.69, 9.17) is 16.9 Å². The molecule has 0 aliphatic heterocycles. The number of nitrogens with zero attached hydrogens (tertiary/aromatic N) is 2. The summed E-state index contributed by atoms with van der Waals surface area (Å²) in [5.41, 5.74) is 0. The van der Waals surface area contributed by atoms with Gasteiger partial charge in [-0.3, -0.25) is 0 Å². The molecule has 1 N–H and O–H groups in total. The molecule has 0 fully saturated rings. The Kier molecular flexibility index (Phi) is 2.50. The Labute approximate surface area is 50.7 Å². The van der Waals surface area contributed by atoms with Gasteiger partial charge in [-0.25, -0.2) is 10.1 Å². The second-order valence-electron chi connectivity index (χ2n) is 1.16. The zero-order valence-electron chi connectivity index (χ0n) is 4.11. The van der Waals surface area contributed by atoms with Crippen LogP contribution in [0.2, 0.25) is 0 Å². The third-order valence-corrected chi connectivity index (χ3v) is 0.870. The first-order chi connectivity index (χ1) is 3.55. The molecular weight excluding hydrogens is 135 g/mol. The van der Waals surface area contributed by atoms with Gasteiger partial charge in [0.15, 0.2) is 5.03 Å². The highest BCUT2D eigenvalue weighted by atomic mass is 35.5. The highest BCUT2D eigenvalue weighted by Gasteiger charge is 2.15. The summed E-state index contributed by atoms with van der Waals surface area (Å²) in [5, 5.41) is 17.0. The summed E-state index contributed by atoms with van der Waals surface area (Å²) >= 11 is 4.83. The monoisotopic (exact) mass is 140 g/mol. The van der Waals surface area contributed by atoms with Gasteiger partial charge < -0.3 is 5.11 Å². The number of hydrogen-bond donors (Lipinski definition) is 1. The average molecular weight is 141 g/mol. The largest absolute Gasteiger partial charge is 0.368 e. The number of aliphatic hydroxyl groups excluding tert-OH is 1. The van der Waals surface area contributed by atoms with Crippen LogP contribution < -0.4 is 0 Å². The van der Waals surface area contributed by atoms with Gasteiger partial charge in [-0.1, -0.05) is 0 Å². The molecule has 0 aromatic carbocycles. The van der Waals surface area contributed by atoms with Crippen LogP contribution in [-0.4, -0.2) is 20.9 Å². The number of nitro groups is 1. The Hall–Kier alpha value is -0.550. The molecule has 0 heterocycles. The summed E-state index contributed by atoms with van der Waals surface area (Å²) in [4.78, 5) is 9.58. The number of aliphatic hydroxyl groups is 1. The van der Waals surface area contributed by atoms with Gasteiger partial charge in [0.1, 0.15) is 0 Å². The Balaban J connectivity index is 3.64. The van der Waals surface area contributed by atoms with Crippen molar-refractivity contribution in [2.45, 2.75) is 13.2 Å². The molecule has 1 unspecified atom stereocenters. The first kappa shape index (κ1) is 7.45. The SMILES string of the molecule is CC(O)N(Cl)[N+](=O)[O-]. The first-order valence-corrected chi connectivity index (χ1v) is 2.17. The Morgan fingerprint density at radius 2 is 2.38 bits per heavy atom. The van der Waals surface area contributed by atoms with Crippen LogP contribution in [-0.2, 0) is 0 Å². The van der Waals surface area contributed by atoms with Crippen molar-refractivity contribution in [3.63, 3.8) is 0 Å². The molecule has 0 saturated heterocycles. The fourth-order valence-corrected chi connectivity index (χ4v) is 0.136. The maximum Gasteiger partial charge on any atom is 0.200 e. The standard InChI is InChI=1S/C2H5ClN2O3/c1-2(6)4(3)5(7)8/h2,6H,1H3. The minimum atomic E-state index is -1.26. The van der Waals surface area contributed by atoms with Crippen molar-refractivity contribution in [3.8, 4) is 0 Å². The molecule has 1 atom stereocenters. The highest BCUT2D eigenvalue weighted by Crippen LogP contribution is 1.97. The first-order valence-electron chi connectivity index (χ1n) is 1.83. The molecule has 6 heteroatoms. The molecule has 0 rings (SSSR count). The average Bonchev–Trinajstić information content (AvgIpc) is 1.64. The summed E-state index contributed by atoms with van der Waals surface area (Å²) in [5.74, 6) is 0. The number of halogens is 1. The van der Waals surface area contributed by atoms with E-state index < -0.39 is 11.3 Å². The van der Waals surface area contributed by atoms with Crippen LogP contribution in [0.25, 0.3) is 0 Å². The van der Waals surface area contributed by atoms with Crippen molar-refractivity contribution in [2.24, 2.45) is 0 Å². The maximum atomic E-state index is 9.58. The van der Waals surface area contributed by atoms with E-state index in [9.17, 15) is 10.1 Å². The summed E-state index contributed by atoms with van der Waals surface area (Å²) < 4.78 is 0.0833. The summed E-state index contributed by atoms with van der Waals surface area (Å²) in [6, 6.07) is 0. The molecule has 0 radical (unpaired) electrons. The van der Waals surface area contributed by atoms with Crippen molar-refractivity contribution in [1.29, 1.82) is 0 Å². The van der Waals surface area contributed by atoms with E-state index in [1.165, 1.54) is 6.92 Å². The topological polar surface area (TPSA) is 66.6 Å². The molecule has 0 bridgehead atoms. The molecule has 0 aromatic rings. The second kappa shape index (κ2) is 2.68. The van der Waals surface area contributed by atoms with Crippen molar-refractivity contribution in [1.82, 2.24) is 4.53 Å². The smallest absolute Gasteiger partial charge is 0.200 e.